The number of fused-ring (bicyclic) bond motifs is 1. The molecule has 4 rings (SSSR count). The first-order chi connectivity index (χ1) is 11.5. The summed E-state index contributed by atoms with van der Waals surface area (Å²) in [6.07, 6.45) is -0.320. The van der Waals surface area contributed by atoms with Gasteiger partial charge in [0.15, 0.2) is 10.2 Å². The van der Waals surface area contributed by atoms with E-state index in [4.69, 9.17) is 47.6 Å². The van der Waals surface area contributed by atoms with E-state index in [0.29, 0.717) is 20.3 Å². The Labute approximate surface area is 160 Å². The van der Waals surface area contributed by atoms with E-state index >= 15 is 0 Å². The van der Waals surface area contributed by atoms with Gasteiger partial charge in [0.1, 0.15) is 12.3 Å². The molecule has 0 radical (unpaired) electrons. The summed E-state index contributed by atoms with van der Waals surface area (Å²) in [5, 5.41) is 13.2. The molecule has 2 aliphatic heterocycles. The Bertz CT molecular complexity index is 740. The molecule has 2 aromatic carbocycles. The summed E-state index contributed by atoms with van der Waals surface area (Å²) in [7, 11) is 0. The highest BCUT2D eigenvalue weighted by Crippen LogP contribution is 2.37. The third kappa shape index (κ3) is 2.59. The molecular weight excluding hydrogens is 383 g/mol. The number of thiocarbonyl (C=S) groups is 2. The van der Waals surface area contributed by atoms with Crippen LogP contribution in [-0.2, 0) is 0 Å². The van der Waals surface area contributed by atoms with E-state index in [1.165, 1.54) is 0 Å². The van der Waals surface area contributed by atoms with E-state index in [-0.39, 0.29) is 12.3 Å². The molecule has 2 atom stereocenters. The molecule has 0 amide bonds. The van der Waals surface area contributed by atoms with Gasteiger partial charge in [-0.25, -0.2) is 10.0 Å². The number of rotatable bonds is 2. The van der Waals surface area contributed by atoms with Crippen LogP contribution in [0, 0.1) is 0 Å². The lowest BCUT2D eigenvalue weighted by Gasteiger charge is -2.26. The minimum atomic E-state index is -0.160. The quantitative estimate of drug-likeness (QED) is 0.748. The molecule has 0 unspecified atom stereocenters. The van der Waals surface area contributed by atoms with E-state index in [2.05, 4.69) is 10.6 Å². The van der Waals surface area contributed by atoms with Crippen LogP contribution in [0.3, 0.4) is 0 Å². The lowest BCUT2D eigenvalue weighted by molar-refractivity contribution is 0.114. The normalized spacial score (nSPS) is 22.4. The zero-order chi connectivity index (χ0) is 16.8. The Hall–Kier alpha value is -1.60. The minimum absolute atomic E-state index is 0.160. The highest BCUT2D eigenvalue weighted by atomic mass is 35.5. The Morgan fingerprint density at radius 3 is 1.33 bits per heavy atom. The maximum Gasteiger partial charge on any atom is 0.192 e. The van der Waals surface area contributed by atoms with Crippen LogP contribution < -0.4 is 10.6 Å². The minimum Gasteiger partial charge on any atom is -0.336 e. The predicted molar refractivity (Wildman–Crippen MR) is 104 cm³/mol. The SMILES string of the molecule is S=C1N[C@@H](c2ccc(Cl)cc2)N2C(=S)N[C@@H](c3ccc(Cl)cc3)N12. The van der Waals surface area contributed by atoms with Gasteiger partial charge in [-0.1, -0.05) is 47.5 Å². The molecule has 122 valence electrons. The van der Waals surface area contributed by atoms with Gasteiger partial charge in [-0.3, -0.25) is 0 Å². The van der Waals surface area contributed by atoms with Crippen molar-refractivity contribution in [2.24, 2.45) is 0 Å². The molecule has 0 bridgehead atoms. The summed E-state index contributed by atoms with van der Waals surface area (Å²) >= 11 is 23.0. The van der Waals surface area contributed by atoms with Crippen molar-refractivity contribution in [3.8, 4) is 0 Å². The Kier molecular flexibility index (Phi) is 4.00. The van der Waals surface area contributed by atoms with Crippen molar-refractivity contribution in [2.75, 3.05) is 0 Å². The fraction of sp³-hybridized carbons (Fsp3) is 0.125. The number of hydrogen-bond donors (Lipinski definition) is 2. The molecule has 2 fully saturated rings. The van der Waals surface area contributed by atoms with Crippen molar-refractivity contribution in [1.29, 1.82) is 0 Å². The van der Waals surface area contributed by atoms with Gasteiger partial charge in [0, 0.05) is 10.0 Å². The molecule has 2 saturated heterocycles. The van der Waals surface area contributed by atoms with Gasteiger partial charge in [-0.05, 0) is 59.8 Å². The number of hydrogen-bond acceptors (Lipinski definition) is 2. The van der Waals surface area contributed by atoms with Crippen LogP contribution in [0.5, 0.6) is 0 Å². The van der Waals surface area contributed by atoms with E-state index in [1.807, 2.05) is 58.5 Å². The van der Waals surface area contributed by atoms with Crippen molar-refractivity contribution in [3.63, 3.8) is 0 Å². The van der Waals surface area contributed by atoms with Gasteiger partial charge in [-0.2, -0.15) is 0 Å². The summed E-state index contributed by atoms with van der Waals surface area (Å²) in [4.78, 5) is 0. The smallest absolute Gasteiger partial charge is 0.192 e. The fourth-order valence-corrected chi connectivity index (χ4v) is 3.77. The van der Waals surface area contributed by atoms with E-state index in [9.17, 15) is 0 Å². The topological polar surface area (TPSA) is 30.5 Å². The number of benzene rings is 2. The largest absolute Gasteiger partial charge is 0.336 e. The second-order valence-corrected chi connectivity index (χ2v) is 7.14. The van der Waals surface area contributed by atoms with E-state index in [1.54, 1.807) is 0 Å². The number of nitrogens with zero attached hydrogens (tertiary/aromatic N) is 2. The maximum absolute atomic E-state index is 5.98. The first kappa shape index (κ1) is 15.9. The van der Waals surface area contributed by atoms with Crippen LogP contribution in [-0.4, -0.2) is 20.2 Å². The van der Waals surface area contributed by atoms with Gasteiger partial charge < -0.3 is 10.6 Å². The van der Waals surface area contributed by atoms with Crippen LogP contribution in [0.15, 0.2) is 48.5 Å². The standard InChI is InChI=1S/C16H12Cl2N4S2/c17-11-5-1-9(2-6-11)13-19-15(23)22-14(20-16(24)21(13)22)10-3-7-12(18)8-4-10/h1-8,13-14H,(H,19,23)(H,20,24)/t13-,14-/m1/s1. The number of nitrogens with one attached hydrogen (secondary N) is 2. The molecule has 0 aliphatic carbocycles. The van der Waals surface area contributed by atoms with Gasteiger partial charge >= 0.3 is 0 Å². The lowest BCUT2D eigenvalue weighted by Crippen LogP contribution is -2.36. The Morgan fingerprint density at radius 1 is 0.667 bits per heavy atom. The van der Waals surface area contributed by atoms with Crippen molar-refractivity contribution in [3.05, 3.63) is 69.7 Å². The predicted octanol–water partition coefficient (Wildman–Crippen LogP) is 3.99. The van der Waals surface area contributed by atoms with Crippen molar-refractivity contribution >= 4 is 57.9 Å². The Morgan fingerprint density at radius 2 is 1.00 bits per heavy atom. The summed E-state index contributed by atoms with van der Waals surface area (Å²) in [6.45, 7) is 0. The molecule has 8 heteroatoms. The molecule has 2 heterocycles. The zero-order valence-corrected chi connectivity index (χ0v) is 15.4. The molecule has 0 saturated carbocycles. The van der Waals surface area contributed by atoms with Crippen LogP contribution in [0.4, 0.5) is 0 Å². The molecule has 2 N–H and O–H groups in total. The first-order valence-electron chi connectivity index (χ1n) is 7.25. The summed E-state index contributed by atoms with van der Waals surface area (Å²) < 4.78 is 0. The highest BCUT2D eigenvalue weighted by Gasteiger charge is 2.47. The van der Waals surface area contributed by atoms with E-state index < -0.39 is 0 Å². The van der Waals surface area contributed by atoms with Crippen molar-refractivity contribution < 1.29 is 0 Å². The second-order valence-electron chi connectivity index (χ2n) is 5.50. The van der Waals surface area contributed by atoms with Crippen molar-refractivity contribution in [1.82, 2.24) is 20.7 Å². The van der Waals surface area contributed by atoms with Gasteiger partial charge in [0.05, 0.1) is 0 Å². The van der Waals surface area contributed by atoms with E-state index in [0.717, 1.165) is 11.1 Å². The third-order valence-corrected chi connectivity index (χ3v) is 5.14. The molecule has 2 aromatic rings. The molecule has 4 nitrogen and oxygen atoms in total. The Balaban J connectivity index is 1.68. The fourth-order valence-electron chi connectivity index (χ4n) is 2.91. The molecular formula is C16H12Cl2N4S2. The summed E-state index contributed by atoms with van der Waals surface area (Å²) in [5.74, 6) is 0. The molecule has 24 heavy (non-hydrogen) atoms. The summed E-state index contributed by atoms with van der Waals surface area (Å²) in [5.41, 5.74) is 2.07. The summed E-state index contributed by atoms with van der Waals surface area (Å²) in [6, 6.07) is 15.3. The van der Waals surface area contributed by atoms with Crippen LogP contribution in [0.2, 0.25) is 10.0 Å². The molecule has 0 aromatic heterocycles. The van der Waals surface area contributed by atoms with Gasteiger partial charge in [0.2, 0.25) is 0 Å². The zero-order valence-electron chi connectivity index (χ0n) is 12.2. The average Bonchev–Trinajstić information content (AvgIpc) is 3.08. The first-order valence-corrected chi connectivity index (χ1v) is 8.82. The van der Waals surface area contributed by atoms with Gasteiger partial charge in [-0.15, -0.1) is 0 Å². The van der Waals surface area contributed by atoms with Crippen LogP contribution in [0.1, 0.15) is 23.5 Å². The third-order valence-electron chi connectivity index (χ3n) is 4.03. The second kappa shape index (κ2) is 6.04. The lowest BCUT2D eigenvalue weighted by atomic mass is 10.2. The number of halogens is 2. The van der Waals surface area contributed by atoms with Gasteiger partial charge in [0.25, 0.3) is 0 Å². The van der Waals surface area contributed by atoms with Crippen LogP contribution >= 0.6 is 47.6 Å². The monoisotopic (exact) mass is 394 g/mol. The van der Waals surface area contributed by atoms with Crippen LogP contribution in [0.25, 0.3) is 0 Å². The van der Waals surface area contributed by atoms with Crippen molar-refractivity contribution in [2.45, 2.75) is 12.3 Å². The highest BCUT2D eigenvalue weighted by molar-refractivity contribution is 7.80. The molecule has 0 spiro atoms. The average molecular weight is 395 g/mol. The molecule has 2 aliphatic rings. The maximum atomic E-state index is 5.98. The number of hydrazine groups is 1.